The predicted octanol–water partition coefficient (Wildman–Crippen LogP) is 1.17. The highest BCUT2D eigenvalue weighted by Gasteiger charge is 2.09. The molecule has 16 heavy (non-hydrogen) atoms. The Kier molecular flexibility index (Phi) is 6.85. The molecule has 0 aliphatic rings. The van der Waals surface area contributed by atoms with Crippen molar-refractivity contribution in [2.45, 2.75) is 19.9 Å². The van der Waals surface area contributed by atoms with Crippen molar-refractivity contribution in [3.05, 3.63) is 24.0 Å². The number of halogens is 1. The molecule has 0 aliphatic carbocycles. The van der Waals surface area contributed by atoms with Gasteiger partial charge in [-0.05, 0) is 25.6 Å². The zero-order valence-electron chi connectivity index (χ0n) is 9.99. The van der Waals surface area contributed by atoms with E-state index in [0.717, 1.165) is 6.54 Å². The topological polar surface area (TPSA) is 46.1 Å². The number of aromatic nitrogens is 1. The third-order valence-corrected chi connectivity index (χ3v) is 2.30. The van der Waals surface area contributed by atoms with Crippen LogP contribution in [-0.2, 0) is 7.05 Å². The van der Waals surface area contributed by atoms with E-state index in [4.69, 9.17) is 0 Å². The van der Waals surface area contributed by atoms with Crippen molar-refractivity contribution in [3.63, 3.8) is 0 Å². The molecule has 0 radical (unpaired) electrons. The fourth-order valence-corrected chi connectivity index (χ4v) is 1.45. The largest absolute Gasteiger partial charge is 0.349 e. The zero-order valence-corrected chi connectivity index (χ0v) is 10.8. The highest BCUT2D eigenvalue weighted by molar-refractivity contribution is 5.92. The second kappa shape index (κ2) is 7.30. The maximum absolute atomic E-state index is 11.7. The third-order valence-electron chi connectivity index (χ3n) is 2.30. The maximum atomic E-state index is 11.7. The van der Waals surface area contributed by atoms with E-state index in [1.54, 1.807) is 0 Å². The predicted molar refractivity (Wildman–Crippen MR) is 68.1 cm³/mol. The van der Waals surface area contributed by atoms with Gasteiger partial charge in [0.25, 0.3) is 5.91 Å². The Morgan fingerprint density at radius 3 is 2.75 bits per heavy atom. The van der Waals surface area contributed by atoms with E-state index in [1.165, 1.54) is 0 Å². The summed E-state index contributed by atoms with van der Waals surface area (Å²) >= 11 is 0. The summed E-state index contributed by atoms with van der Waals surface area (Å²) in [7, 11) is 1.86. The van der Waals surface area contributed by atoms with Crippen molar-refractivity contribution in [1.29, 1.82) is 0 Å². The summed E-state index contributed by atoms with van der Waals surface area (Å²) in [5.74, 6) is -0.0211. The summed E-state index contributed by atoms with van der Waals surface area (Å²) in [6, 6.07) is 3.98. The summed E-state index contributed by atoms with van der Waals surface area (Å²) in [5.41, 5.74) is 0.693. The molecule has 0 bridgehead atoms. The second-order valence-electron chi connectivity index (χ2n) is 3.67. The molecule has 1 atom stereocenters. The first-order valence-electron chi connectivity index (χ1n) is 5.28. The lowest BCUT2D eigenvalue weighted by Crippen LogP contribution is -2.39. The van der Waals surface area contributed by atoms with E-state index in [9.17, 15) is 4.79 Å². The number of hydrogen-bond donors (Lipinski definition) is 2. The van der Waals surface area contributed by atoms with Gasteiger partial charge in [0, 0.05) is 25.8 Å². The van der Waals surface area contributed by atoms with Crippen molar-refractivity contribution in [2.24, 2.45) is 7.05 Å². The molecule has 0 saturated carbocycles. The van der Waals surface area contributed by atoms with Crippen molar-refractivity contribution >= 4 is 18.3 Å². The summed E-state index contributed by atoms with van der Waals surface area (Å²) in [4.78, 5) is 11.7. The van der Waals surface area contributed by atoms with Gasteiger partial charge in [-0.25, -0.2) is 0 Å². The zero-order chi connectivity index (χ0) is 11.3. The lowest BCUT2D eigenvalue weighted by atomic mass is 10.3. The molecule has 1 rings (SSSR count). The van der Waals surface area contributed by atoms with Crippen LogP contribution in [0.1, 0.15) is 24.3 Å². The van der Waals surface area contributed by atoms with Crippen molar-refractivity contribution < 1.29 is 4.79 Å². The lowest BCUT2D eigenvalue weighted by molar-refractivity contribution is 0.0942. The molecule has 92 valence electrons. The smallest absolute Gasteiger partial charge is 0.267 e. The molecule has 5 heteroatoms. The highest BCUT2D eigenvalue weighted by atomic mass is 35.5. The van der Waals surface area contributed by atoms with Crippen LogP contribution in [0.4, 0.5) is 0 Å². The van der Waals surface area contributed by atoms with Crippen LogP contribution in [0.15, 0.2) is 18.3 Å². The SMILES string of the molecule is CCN[C@H](C)CNC(=O)c1cccn1C.Cl. The van der Waals surface area contributed by atoms with Gasteiger partial charge in [0.15, 0.2) is 0 Å². The minimum Gasteiger partial charge on any atom is -0.349 e. The summed E-state index contributed by atoms with van der Waals surface area (Å²) in [5, 5.41) is 6.13. The third kappa shape index (κ3) is 4.24. The number of carbonyl (C=O) groups excluding carboxylic acids is 1. The van der Waals surface area contributed by atoms with Crippen LogP contribution < -0.4 is 10.6 Å². The average molecular weight is 246 g/mol. The molecule has 1 heterocycles. The standard InChI is InChI=1S/C11H19N3O.ClH/c1-4-12-9(2)8-13-11(15)10-6-5-7-14(10)3;/h5-7,9,12H,4,8H2,1-3H3,(H,13,15);1H/t9-;/m1./s1. The maximum Gasteiger partial charge on any atom is 0.267 e. The molecule has 4 nitrogen and oxygen atoms in total. The van der Waals surface area contributed by atoms with Gasteiger partial charge in [-0.1, -0.05) is 6.92 Å². The Hall–Kier alpha value is -1.00. The van der Waals surface area contributed by atoms with E-state index in [-0.39, 0.29) is 18.3 Å². The fraction of sp³-hybridized carbons (Fsp3) is 0.545. The molecule has 0 spiro atoms. The minimum atomic E-state index is -0.0211. The molecule has 0 aromatic carbocycles. The molecular formula is C11H20ClN3O. The van der Waals surface area contributed by atoms with Gasteiger partial charge in [-0.3, -0.25) is 4.79 Å². The minimum absolute atomic E-state index is 0. The Balaban J connectivity index is 0.00000225. The van der Waals surface area contributed by atoms with Gasteiger partial charge in [-0.15, -0.1) is 12.4 Å². The van der Waals surface area contributed by atoms with Gasteiger partial charge in [-0.2, -0.15) is 0 Å². The van der Waals surface area contributed by atoms with Gasteiger partial charge in [0.05, 0.1) is 0 Å². The molecular weight excluding hydrogens is 226 g/mol. The van der Waals surface area contributed by atoms with E-state index in [1.807, 2.05) is 29.9 Å². The summed E-state index contributed by atoms with van der Waals surface area (Å²) in [6.07, 6.45) is 1.86. The first-order valence-corrected chi connectivity index (χ1v) is 5.28. The molecule has 2 N–H and O–H groups in total. The number of nitrogens with zero attached hydrogens (tertiary/aromatic N) is 1. The number of amides is 1. The quantitative estimate of drug-likeness (QED) is 0.818. The molecule has 1 aromatic rings. The van der Waals surface area contributed by atoms with E-state index >= 15 is 0 Å². The van der Waals surface area contributed by atoms with E-state index in [2.05, 4.69) is 24.5 Å². The fourth-order valence-electron chi connectivity index (χ4n) is 1.45. The van der Waals surface area contributed by atoms with Gasteiger partial charge in [0.1, 0.15) is 5.69 Å². The van der Waals surface area contributed by atoms with Crippen LogP contribution in [0.2, 0.25) is 0 Å². The van der Waals surface area contributed by atoms with Gasteiger partial charge >= 0.3 is 0 Å². The summed E-state index contributed by atoms with van der Waals surface area (Å²) < 4.78 is 1.81. The van der Waals surface area contributed by atoms with Crippen molar-refractivity contribution in [2.75, 3.05) is 13.1 Å². The highest BCUT2D eigenvalue weighted by Crippen LogP contribution is 1.98. The number of carbonyl (C=O) groups is 1. The first-order chi connectivity index (χ1) is 7.15. The monoisotopic (exact) mass is 245 g/mol. The van der Waals surface area contributed by atoms with Crippen LogP contribution in [0.3, 0.4) is 0 Å². The number of hydrogen-bond acceptors (Lipinski definition) is 2. The van der Waals surface area contributed by atoms with Crippen molar-refractivity contribution in [1.82, 2.24) is 15.2 Å². The molecule has 1 aromatic heterocycles. The first kappa shape index (κ1) is 15.0. The van der Waals surface area contributed by atoms with Crippen LogP contribution in [-0.4, -0.2) is 29.6 Å². The molecule has 1 amide bonds. The van der Waals surface area contributed by atoms with E-state index < -0.39 is 0 Å². The Morgan fingerprint density at radius 2 is 2.25 bits per heavy atom. The molecule has 0 unspecified atom stereocenters. The Morgan fingerprint density at radius 1 is 1.56 bits per heavy atom. The number of likely N-dealkylation sites (N-methyl/N-ethyl adjacent to an activating group) is 1. The molecule has 0 fully saturated rings. The second-order valence-corrected chi connectivity index (χ2v) is 3.67. The number of rotatable bonds is 5. The lowest BCUT2D eigenvalue weighted by Gasteiger charge is -2.13. The summed E-state index contributed by atoms with van der Waals surface area (Å²) in [6.45, 7) is 5.67. The Labute approximate surface area is 103 Å². The number of aryl methyl sites for hydroxylation is 1. The van der Waals surface area contributed by atoms with Crippen molar-refractivity contribution in [3.8, 4) is 0 Å². The average Bonchev–Trinajstić information content (AvgIpc) is 2.61. The van der Waals surface area contributed by atoms with Crippen LogP contribution in [0, 0.1) is 0 Å². The van der Waals surface area contributed by atoms with E-state index in [0.29, 0.717) is 18.3 Å². The molecule has 0 aliphatic heterocycles. The number of nitrogens with one attached hydrogen (secondary N) is 2. The van der Waals surface area contributed by atoms with Crippen LogP contribution in [0.5, 0.6) is 0 Å². The Bertz CT molecular complexity index is 325. The van der Waals surface area contributed by atoms with Gasteiger partial charge in [0.2, 0.25) is 0 Å². The van der Waals surface area contributed by atoms with Crippen LogP contribution >= 0.6 is 12.4 Å². The van der Waals surface area contributed by atoms with Gasteiger partial charge < -0.3 is 15.2 Å². The molecule has 0 saturated heterocycles. The normalized spacial score (nSPS) is 11.7. The van der Waals surface area contributed by atoms with Crippen LogP contribution in [0.25, 0.3) is 0 Å².